The van der Waals surface area contributed by atoms with E-state index in [1.54, 1.807) is 4.90 Å². The highest BCUT2D eigenvalue weighted by molar-refractivity contribution is 6.40. The fourth-order valence-electron chi connectivity index (χ4n) is 4.41. The molecule has 1 saturated carbocycles. The molecule has 1 aliphatic carbocycles. The summed E-state index contributed by atoms with van der Waals surface area (Å²) in [5.41, 5.74) is 1.95. The first-order valence-corrected chi connectivity index (χ1v) is 10.0. The van der Waals surface area contributed by atoms with Gasteiger partial charge in [-0.1, -0.05) is 31.5 Å². The zero-order valence-electron chi connectivity index (χ0n) is 16.2. The number of nitrogens with one attached hydrogen (secondary N) is 2. The smallest absolute Gasteiger partial charge is 0.316 e. The number of nitrogens with zero attached hydrogens (tertiary/aromatic N) is 1. The van der Waals surface area contributed by atoms with Gasteiger partial charge in [0.05, 0.1) is 12.6 Å². The van der Waals surface area contributed by atoms with Gasteiger partial charge in [0.25, 0.3) is 0 Å². The minimum atomic E-state index is -0.544. The van der Waals surface area contributed by atoms with Crippen LogP contribution in [0.15, 0.2) is 24.3 Å². The lowest BCUT2D eigenvalue weighted by Crippen LogP contribution is -2.48. The fourth-order valence-corrected chi connectivity index (χ4v) is 4.41. The predicted octanol–water partition coefficient (Wildman–Crippen LogP) is 1.33. The maximum atomic E-state index is 12.8. The van der Waals surface area contributed by atoms with E-state index in [1.165, 1.54) is 6.42 Å². The van der Waals surface area contributed by atoms with Crippen LogP contribution in [-0.2, 0) is 19.1 Å². The summed E-state index contributed by atoms with van der Waals surface area (Å²) in [4.78, 5) is 38.5. The lowest BCUT2D eigenvalue weighted by atomic mass is 9.70. The van der Waals surface area contributed by atoms with Crippen LogP contribution in [0.1, 0.15) is 44.1 Å². The summed E-state index contributed by atoms with van der Waals surface area (Å²) in [6, 6.07) is 7.60. The Balaban J connectivity index is 1.43. The van der Waals surface area contributed by atoms with E-state index in [-0.39, 0.29) is 29.9 Å². The van der Waals surface area contributed by atoms with Gasteiger partial charge >= 0.3 is 11.8 Å². The molecule has 7 nitrogen and oxygen atoms in total. The van der Waals surface area contributed by atoms with E-state index >= 15 is 0 Å². The Kier molecular flexibility index (Phi) is 5.10. The molecule has 2 unspecified atom stereocenters. The number of morpholine rings is 1. The van der Waals surface area contributed by atoms with Gasteiger partial charge in [-0.2, -0.15) is 0 Å². The Bertz CT molecular complexity index is 790. The van der Waals surface area contributed by atoms with E-state index in [0.29, 0.717) is 26.1 Å². The molecule has 2 aliphatic heterocycles. The maximum absolute atomic E-state index is 12.8. The first-order chi connectivity index (χ1) is 13.5. The van der Waals surface area contributed by atoms with E-state index in [9.17, 15) is 14.4 Å². The van der Waals surface area contributed by atoms with E-state index < -0.39 is 11.8 Å². The monoisotopic (exact) mass is 385 g/mol. The van der Waals surface area contributed by atoms with Crippen molar-refractivity contribution in [3.05, 3.63) is 29.8 Å². The first kappa shape index (κ1) is 18.9. The van der Waals surface area contributed by atoms with Crippen LogP contribution < -0.4 is 15.5 Å². The molecule has 7 heteroatoms. The molecule has 3 aliphatic rings. The number of ether oxygens (including phenoxy) is 1. The van der Waals surface area contributed by atoms with Gasteiger partial charge in [-0.25, -0.2) is 0 Å². The van der Waals surface area contributed by atoms with Crippen LogP contribution in [0, 0.1) is 5.41 Å². The number of para-hydroxylation sites is 1. The van der Waals surface area contributed by atoms with Crippen molar-refractivity contribution in [2.75, 3.05) is 31.2 Å². The highest BCUT2D eigenvalue weighted by Crippen LogP contribution is 2.40. The van der Waals surface area contributed by atoms with Crippen molar-refractivity contribution < 1.29 is 19.1 Å². The number of fused-ring (bicyclic) bond motifs is 1. The number of carbonyl (C=O) groups excluding carboxylic acids is 3. The van der Waals surface area contributed by atoms with E-state index in [1.807, 2.05) is 24.3 Å². The molecule has 0 spiro atoms. The molecular weight excluding hydrogens is 358 g/mol. The van der Waals surface area contributed by atoms with Crippen molar-refractivity contribution in [3.63, 3.8) is 0 Å². The van der Waals surface area contributed by atoms with Crippen LogP contribution in [0.2, 0.25) is 0 Å². The van der Waals surface area contributed by atoms with Gasteiger partial charge in [-0.3, -0.25) is 14.4 Å². The fraction of sp³-hybridized carbons (Fsp3) is 0.571. The SMILES string of the molecule is CC1(CNC(=O)C(=O)N2CC(CC3COCC(=O)N3)c3ccccc32)CCC1. The van der Waals surface area contributed by atoms with Crippen molar-refractivity contribution in [2.45, 2.75) is 44.6 Å². The van der Waals surface area contributed by atoms with Gasteiger partial charge in [0, 0.05) is 24.7 Å². The predicted molar refractivity (Wildman–Crippen MR) is 104 cm³/mol. The first-order valence-electron chi connectivity index (χ1n) is 10.0. The third-order valence-corrected chi connectivity index (χ3v) is 6.23. The van der Waals surface area contributed by atoms with Crippen LogP contribution in [0.25, 0.3) is 0 Å². The van der Waals surface area contributed by atoms with Gasteiger partial charge < -0.3 is 20.3 Å². The third kappa shape index (κ3) is 3.76. The molecule has 1 saturated heterocycles. The molecule has 1 aromatic rings. The zero-order valence-corrected chi connectivity index (χ0v) is 16.2. The average Bonchev–Trinajstić information content (AvgIpc) is 3.02. The zero-order chi connectivity index (χ0) is 19.7. The normalized spacial score (nSPS) is 25.5. The Morgan fingerprint density at radius 1 is 1.32 bits per heavy atom. The lowest BCUT2D eigenvalue weighted by Gasteiger charge is -2.38. The molecule has 28 heavy (non-hydrogen) atoms. The molecule has 2 heterocycles. The standard InChI is InChI=1S/C21H27N3O4/c1-21(7-4-8-21)13-22-19(26)20(27)24-10-14(16-5-2-3-6-17(16)24)9-15-11-28-12-18(25)23-15/h2-3,5-6,14-15H,4,7-13H2,1H3,(H,22,26)(H,23,25). The summed E-state index contributed by atoms with van der Waals surface area (Å²) < 4.78 is 5.33. The Hall–Kier alpha value is -2.41. The van der Waals surface area contributed by atoms with Crippen LogP contribution in [0.3, 0.4) is 0 Å². The van der Waals surface area contributed by atoms with E-state index in [2.05, 4.69) is 17.6 Å². The van der Waals surface area contributed by atoms with Crippen molar-refractivity contribution in [1.29, 1.82) is 0 Å². The molecule has 0 bridgehead atoms. The van der Waals surface area contributed by atoms with Crippen LogP contribution in [-0.4, -0.2) is 50.1 Å². The molecule has 2 N–H and O–H groups in total. The Morgan fingerprint density at radius 2 is 2.11 bits per heavy atom. The molecule has 4 rings (SSSR count). The highest BCUT2D eigenvalue weighted by atomic mass is 16.5. The second-order valence-corrected chi connectivity index (χ2v) is 8.53. The Labute approximate surface area is 164 Å². The molecule has 0 radical (unpaired) electrons. The number of benzene rings is 1. The van der Waals surface area contributed by atoms with E-state index in [4.69, 9.17) is 4.74 Å². The summed E-state index contributed by atoms with van der Waals surface area (Å²) in [7, 11) is 0. The molecule has 2 fully saturated rings. The molecular formula is C21H27N3O4. The minimum Gasteiger partial charge on any atom is -0.370 e. The maximum Gasteiger partial charge on any atom is 0.316 e. The number of amides is 3. The highest BCUT2D eigenvalue weighted by Gasteiger charge is 2.38. The van der Waals surface area contributed by atoms with Crippen LogP contribution >= 0.6 is 0 Å². The third-order valence-electron chi connectivity index (χ3n) is 6.23. The second kappa shape index (κ2) is 7.54. The molecule has 2 atom stereocenters. The number of anilines is 1. The minimum absolute atomic E-state index is 0.0594. The topological polar surface area (TPSA) is 87.7 Å². The van der Waals surface area contributed by atoms with Gasteiger partial charge in [0.2, 0.25) is 5.91 Å². The van der Waals surface area contributed by atoms with Crippen molar-refractivity contribution in [2.24, 2.45) is 5.41 Å². The van der Waals surface area contributed by atoms with Crippen LogP contribution in [0.4, 0.5) is 5.69 Å². The molecule has 3 amide bonds. The average molecular weight is 385 g/mol. The summed E-state index contributed by atoms with van der Waals surface area (Å²) in [5, 5.41) is 5.77. The molecule has 0 aromatic heterocycles. The largest absolute Gasteiger partial charge is 0.370 e. The van der Waals surface area contributed by atoms with E-state index in [0.717, 1.165) is 24.1 Å². The van der Waals surface area contributed by atoms with Crippen molar-refractivity contribution >= 4 is 23.4 Å². The van der Waals surface area contributed by atoms with Gasteiger partial charge in [-0.15, -0.1) is 0 Å². The summed E-state index contributed by atoms with van der Waals surface area (Å²) in [6.07, 6.45) is 4.03. The number of carbonyl (C=O) groups is 3. The number of hydrogen-bond acceptors (Lipinski definition) is 4. The van der Waals surface area contributed by atoms with Crippen LogP contribution in [0.5, 0.6) is 0 Å². The van der Waals surface area contributed by atoms with Crippen molar-refractivity contribution in [1.82, 2.24) is 10.6 Å². The second-order valence-electron chi connectivity index (χ2n) is 8.53. The summed E-state index contributed by atoms with van der Waals surface area (Å²) in [6.45, 7) is 3.69. The summed E-state index contributed by atoms with van der Waals surface area (Å²) in [5.74, 6) is -1.11. The lowest BCUT2D eigenvalue weighted by molar-refractivity contribution is -0.138. The molecule has 150 valence electrons. The molecule has 1 aromatic carbocycles. The summed E-state index contributed by atoms with van der Waals surface area (Å²) >= 11 is 0. The van der Waals surface area contributed by atoms with Crippen molar-refractivity contribution in [3.8, 4) is 0 Å². The number of rotatable bonds is 4. The van der Waals surface area contributed by atoms with Gasteiger partial charge in [-0.05, 0) is 36.3 Å². The van der Waals surface area contributed by atoms with Gasteiger partial charge in [0.1, 0.15) is 6.61 Å². The Morgan fingerprint density at radius 3 is 2.82 bits per heavy atom. The van der Waals surface area contributed by atoms with Gasteiger partial charge in [0.15, 0.2) is 0 Å². The quantitative estimate of drug-likeness (QED) is 0.766. The number of hydrogen-bond donors (Lipinski definition) is 2.